The Morgan fingerprint density at radius 1 is 1.09 bits per heavy atom. The van der Waals surface area contributed by atoms with Crippen LogP contribution in [-0.2, 0) is 10.8 Å². The minimum absolute atomic E-state index is 0.0175. The molecular formula is C32H50OSi. The van der Waals surface area contributed by atoms with E-state index in [-0.39, 0.29) is 10.8 Å². The van der Waals surface area contributed by atoms with Gasteiger partial charge in [-0.2, -0.15) is 0 Å². The second-order valence-electron chi connectivity index (χ2n) is 13.4. The van der Waals surface area contributed by atoms with Crippen LogP contribution in [0.25, 0.3) is 0 Å². The lowest BCUT2D eigenvalue weighted by atomic mass is 9.80. The van der Waals surface area contributed by atoms with Crippen LogP contribution in [0.15, 0.2) is 48.6 Å². The van der Waals surface area contributed by atoms with Crippen LogP contribution in [-0.4, -0.2) is 14.7 Å². The second kappa shape index (κ2) is 10.2. The summed E-state index contributed by atoms with van der Waals surface area (Å²) in [5, 5.41) is 1.52. The van der Waals surface area contributed by atoms with Gasteiger partial charge in [-0.1, -0.05) is 129 Å². The van der Waals surface area contributed by atoms with Gasteiger partial charge >= 0.3 is 0 Å². The van der Waals surface area contributed by atoms with Crippen molar-refractivity contribution in [3.8, 4) is 5.75 Å². The molecule has 0 radical (unpaired) electrons. The molecule has 3 rings (SSSR count). The van der Waals surface area contributed by atoms with Gasteiger partial charge in [0.15, 0.2) is 0 Å². The summed E-state index contributed by atoms with van der Waals surface area (Å²) in [5.41, 5.74) is 5.34. The summed E-state index contributed by atoms with van der Waals surface area (Å²) >= 11 is 0. The molecule has 0 heterocycles. The highest BCUT2D eigenvalue weighted by Gasteiger charge is 2.49. The van der Waals surface area contributed by atoms with Crippen LogP contribution in [0, 0.1) is 11.8 Å². The van der Waals surface area contributed by atoms with E-state index < -0.39 is 8.07 Å². The average molecular weight is 479 g/mol. The van der Waals surface area contributed by atoms with Gasteiger partial charge in [-0.25, -0.2) is 0 Å². The van der Waals surface area contributed by atoms with Crippen molar-refractivity contribution in [2.24, 2.45) is 11.8 Å². The number of hydrogen-bond donors (Lipinski definition) is 0. The first kappa shape index (κ1) is 27.1. The van der Waals surface area contributed by atoms with Gasteiger partial charge in [0.05, 0.1) is 8.07 Å². The highest BCUT2D eigenvalue weighted by atomic mass is 28.3. The molecule has 0 amide bonds. The maximum absolute atomic E-state index is 6.59. The normalized spacial score (nSPS) is 23.0. The first-order valence-corrected chi connectivity index (χ1v) is 16.7. The van der Waals surface area contributed by atoms with E-state index in [0.29, 0.717) is 12.1 Å². The van der Waals surface area contributed by atoms with Gasteiger partial charge in [0.1, 0.15) is 12.4 Å². The summed E-state index contributed by atoms with van der Waals surface area (Å²) in [5.74, 6) is 2.69. The van der Waals surface area contributed by atoms with Gasteiger partial charge in [-0.15, -0.1) is 0 Å². The molecule has 0 saturated heterocycles. The van der Waals surface area contributed by atoms with Gasteiger partial charge in [0.25, 0.3) is 0 Å². The van der Waals surface area contributed by atoms with E-state index in [2.05, 4.69) is 98.5 Å². The molecule has 2 aliphatic carbocycles. The van der Waals surface area contributed by atoms with Crippen molar-refractivity contribution in [1.29, 1.82) is 0 Å². The molecule has 0 N–H and O–H groups in total. The molecule has 1 aromatic carbocycles. The molecule has 0 spiro atoms. The van der Waals surface area contributed by atoms with Crippen molar-refractivity contribution in [1.82, 2.24) is 0 Å². The summed E-state index contributed by atoms with van der Waals surface area (Å²) in [4.78, 5) is 0. The Kier molecular flexibility index (Phi) is 8.12. The first-order valence-electron chi connectivity index (χ1n) is 13.6. The van der Waals surface area contributed by atoms with Crippen LogP contribution in [0.3, 0.4) is 0 Å². The fourth-order valence-corrected chi connectivity index (χ4v) is 10.7. The Hall–Kier alpha value is -1.54. The number of hydrogen-bond acceptors (Lipinski definition) is 1. The Morgan fingerprint density at radius 2 is 1.79 bits per heavy atom. The summed E-state index contributed by atoms with van der Waals surface area (Å²) in [7, 11) is -1.94. The smallest absolute Gasteiger partial charge is 0.122 e. The fraction of sp³-hybridized carbons (Fsp3) is 0.625. The Morgan fingerprint density at radius 3 is 2.38 bits per heavy atom. The molecule has 3 unspecified atom stereocenters. The van der Waals surface area contributed by atoms with Gasteiger partial charge in [0, 0.05) is 0 Å². The number of allylic oxidation sites excluding steroid dienone is 4. The summed E-state index contributed by atoms with van der Waals surface area (Å²) < 4.78 is 6.59. The minimum atomic E-state index is -1.94. The maximum atomic E-state index is 6.59. The van der Waals surface area contributed by atoms with E-state index in [1.165, 1.54) is 48.4 Å². The molecule has 1 fully saturated rings. The molecule has 2 aliphatic rings. The van der Waals surface area contributed by atoms with Crippen LogP contribution in [0.2, 0.25) is 18.6 Å². The van der Waals surface area contributed by atoms with Gasteiger partial charge < -0.3 is 4.74 Å². The molecule has 188 valence electrons. The Balaban J connectivity index is 2.26. The lowest BCUT2D eigenvalue weighted by Gasteiger charge is -2.39. The van der Waals surface area contributed by atoms with Crippen LogP contribution in [0.1, 0.15) is 91.7 Å². The SMILES string of the molecule is C=CCOc1c(C(C)(C)C)cc(C(C)(C)C)cc1[Si](C)(C)C1C2=CC=CCC2CC1CCCC. The standard InChI is InChI=1S/C32H50OSi/c1-11-13-16-24-20-23-17-14-15-18-26(23)30(24)34(9,10)28-22-25(31(3,4)5)21-27(32(6,7)8)29(28)33-19-12-2/h12,14-15,18,21-24,30H,2,11,13,16-17,19-20H2,1,3-10H3. The van der Waals surface area contributed by atoms with E-state index in [4.69, 9.17) is 4.74 Å². The van der Waals surface area contributed by atoms with Crippen LogP contribution in [0.5, 0.6) is 5.75 Å². The molecule has 2 heteroatoms. The van der Waals surface area contributed by atoms with Crippen LogP contribution in [0.4, 0.5) is 0 Å². The third-order valence-corrected chi connectivity index (χ3v) is 12.4. The zero-order chi connectivity index (χ0) is 25.3. The van der Waals surface area contributed by atoms with Crippen molar-refractivity contribution in [3.05, 3.63) is 59.7 Å². The second-order valence-corrected chi connectivity index (χ2v) is 18.0. The minimum Gasteiger partial charge on any atom is -0.489 e. The summed E-state index contributed by atoms with van der Waals surface area (Å²) in [6.45, 7) is 26.2. The molecule has 1 saturated carbocycles. The molecule has 1 nitrogen and oxygen atoms in total. The maximum Gasteiger partial charge on any atom is 0.122 e. The van der Waals surface area contributed by atoms with Gasteiger partial charge in [0.2, 0.25) is 0 Å². The number of ether oxygens (including phenoxy) is 1. The zero-order valence-corrected chi connectivity index (χ0v) is 24.6. The van der Waals surface area contributed by atoms with Crippen molar-refractivity contribution >= 4 is 13.3 Å². The number of rotatable bonds is 8. The quantitative estimate of drug-likeness (QED) is 0.268. The van der Waals surface area contributed by atoms with E-state index >= 15 is 0 Å². The summed E-state index contributed by atoms with van der Waals surface area (Å²) in [6.07, 6.45) is 15.7. The Bertz CT molecular complexity index is 935. The van der Waals surface area contributed by atoms with E-state index in [0.717, 1.165) is 17.6 Å². The first-order chi connectivity index (χ1) is 15.8. The lowest BCUT2D eigenvalue weighted by Crippen LogP contribution is -2.49. The number of fused-ring (bicyclic) bond motifs is 1. The lowest BCUT2D eigenvalue weighted by molar-refractivity contribution is 0.353. The van der Waals surface area contributed by atoms with E-state index in [9.17, 15) is 0 Å². The molecule has 34 heavy (non-hydrogen) atoms. The van der Waals surface area contributed by atoms with Crippen molar-refractivity contribution < 1.29 is 4.74 Å². The molecular weight excluding hydrogens is 428 g/mol. The highest BCUT2D eigenvalue weighted by Crippen LogP contribution is 2.55. The Labute approximate surface area is 211 Å². The van der Waals surface area contributed by atoms with Crippen LogP contribution >= 0.6 is 0 Å². The molecule has 0 aromatic heterocycles. The van der Waals surface area contributed by atoms with Crippen molar-refractivity contribution in [2.45, 2.75) is 110 Å². The monoisotopic (exact) mass is 478 g/mol. The molecule has 3 atom stereocenters. The number of unbranched alkanes of at least 4 members (excludes halogenated alkanes) is 1. The van der Waals surface area contributed by atoms with Gasteiger partial charge in [-0.3, -0.25) is 0 Å². The number of benzene rings is 1. The molecule has 1 aromatic rings. The zero-order valence-electron chi connectivity index (χ0n) is 23.6. The topological polar surface area (TPSA) is 9.23 Å². The fourth-order valence-electron chi connectivity index (χ4n) is 6.38. The van der Waals surface area contributed by atoms with Crippen molar-refractivity contribution in [2.75, 3.05) is 6.61 Å². The molecule has 0 bridgehead atoms. The summed E-state index contributed by atoms with van der Waals surface area (Å²) in [6, 6.07) is 4.98. The van der Waals surface area contributed by atoms with E-state index in [1.807, 2.05) is 6.08 Å². The third kappa shape index (κ3) is 5.48. The van der Waals surface area contributed by atoms with E-state index in [1.54, 1.807) is 5.57 Å². The largest absolute Gasteiger partial charge is 0.489 e. The highest BCUT2D eigenvalue weighted by molar-refractivity contribution is 6.92. The van der Waals surface area contributed by atoms with Crippen LogP contribution < -0.4 is 9.92 Å². The predicted octanol–water partition coefficient (Wildman–Crippen LogP) is 8.84. The molecule has 0 aliphatic heterocycles. The average Bonchev–Trinajstić information content (AvgIpc) is 3.13. The van der Waals surface area contributed by atoms with Gasteiger partial charge in [-0.05, 0) is 57.4 Å². The van der Waals surface area contributed by atoms with Crippen molar-refractivity contribution in [3.63, 3.8) is 0 Å². The predicted molar refractivity (Wildman–Crippen MR) is 153 cm³/mol. The third-order valence-electron chi connectivity index (χ3n) is 8.24.